The minimum Gasteiger partial charge on any atom is -0.383 e. The quantitative estimate of drug-likeness (QED) is 0.681. The van der Waals surface area contributed by atoms with Gasteiger partial charge >= 0.3 is 0 Å². The van der Waals surface area contributed by atoms with E-state index in [2.05, 4.69) is 30.5 Å². The third-order valence-corrected chi connectivity index (χ3v) is 3.72. The van der Waals surface area contributed by atoms with E-state index in [4.69, 9.17) is 4.74 Å². The molecular weight excluding hydrogens is 334 g/mol. The molecule has 26 heavy (non-hydrogen) atoms. The van der Waals surface area contributed by atoms with E-state index < -0.39 is 0 Å². The van der Waals surface area contributed by atoms with Crippen LogP contribution in [-0.4, -0.2) is 49.3 Å². The van der Waals surface area contributed by atoms with E-state index in [-0.39, 0.29) is 11.9 Å². The van der Waals surface area contributed by atoms with Crippen molar-refractivity contribution in [1.82, 2.24) is 35.0 Å². The first-order chi connectivity index (χ1) is 12.7. The summed E-state index contributed by atoms with van der Waals surface area (Å²) in [6.45, 7) is 2.99. The summed E-state index contributed by atoms with van der Waals surface area (Å²) in [4.78, 5) is 25.0. The van der Waals surface area contributed by atoms with E-state index in [1.165, 1.54) is 12.4 Å². The highest BCUT2D eigenvalue weighted by molar-refractivity contribution is 5.93. The van der Waals surface area contributed by atoms with Gasteiger partial charge in [-0.15, -0.1) is 10.2 Å². The van der Waals surface area contributed by atoms with E-state index in [0.29, 0.717) is 36.1 Å². The molecule has 0 spiro atoms. The first-order valence-electron chi connectivity index (χ1n) is 8.10. The van der Waals surface area contributed by atoms with E-state index in [1.807, 2.05) is 29.7 Å². The number of carbonyl (C=O) groups excluding carboxylic acids is 1. The second kappa shape index (κ2) is 8.26. The Bertz CT molecular complexity index is 849. The van der Waals surface area contributed by atoms with Crippen LogP contribution in [0.25, 0.3) is 11.5 Å². The van der Waals surface area contributed by atoms with Crippen LogP contribution in [0.3, 0.4) is 0 Å². The summed E-state index contributed by atoms with van der Waals surface area (Å²) in [5.74, 6) is 0.835. The lowest BCUT2D eigenvalue weighted by Crippen LogP contribution is -2.29. The van der Waals surface area contributed by atoms with Gasteiger partial charge in [0.05, 0.1) is 18.2 Å². The van der Waals surface area contributed by atoms with Crippen LogP contribution >= 0.6 is 0 Å². The van der Waals surface area contributed by atoms with Gasteiger partial charge in [0.15, 0.2) is 11.6 Å². The Labute approximate surface area is 150 Å². The highest BCUT2D eigenvalue weighted by Gasteiger charge is 2.17. The number of nitrogens with one attached hydrogen (secondary N) is 1. The smallest absolute Gasteiger partial charge is 0.254 e. The Morgan fingerprint density at radius 2 is 2.08 bits per heavy atom. The van der Waals surface area contributed by atoms with Crippen LogP contribution < -0.4 is 5.32 Å². The topological polar surface area (TPSA) is 108 Å². The largest absolute Gasteiger partial charge is 0.383 e. The SMILES string of the molecule is COCCn1cnnc1C(C)NC(=O)c1cnc(-c2ccccn2)nc1. The van der Waals surface area contributed by atoms with Crippen LogP contribution in [0.4, 0.5) is 0 Å². The molecule has 0 radical (unpaired) electrons. The van der Waals surface area contributed by atoms with E-state index in [9.17, 15) is 4.79 Å². The van der Waals surface area contributed by atoms with Gasteiger partial charge in [-0.2, -0.15) is 0 Å². The van der Waals surface area contributed by atoms with Crippen molar-refractivity contribution in [2.75, 3.05) is 13.7 Å². The number of ether oxygens (including phenoxy) is 1. The molecule has 0 fully saturated rings. The van der Waals surface area contributed by atoms with E-state index >= 15 is 0 Å². The fourth-order valence-corrected chi connectivity index (χ4v) is 2.38. The standard InChI is InChI=1S/C17H19N7O2/c1-12(16-23-21-11-24(16)7-8-26-2)22-17(25)13-9-19-15(20-10-13)14-5-3-4-6-18-14/h3-6,9-12H,7-8H2,1-2H3,(H,22,25). The number of hydrogen-bond acceptors (Lipinski definition) is 7. The van der Waals surface area contributed by atoms with Crippen molar-refractivity contribution in [3.8, 4) is 11.5 Å². The molecule has 0 aliphatic rings. The maximum absolute atomic E-state index is 12.4. The van der Waals surface area contributed by atoms with E-state index in [1.54, 1.807) is 19.6 Å². The minimum atomic E-state index is -0.322. The summed E-state index contributed by atoms with van der Waals surface area (Å²) in [7, 11) is 1.63. The lowest BCUT2D eigenvalue weighted by Gasteiger charge is -2.14. The van der Waals surface area contributed by atoms with Crippen LogP contribution in [0.15, 0.2) is 43.1 Å². The molecule has 3 heterocycles. The third-order valence-electron chi connectivity index (χ3n) is 3.72. The second-order valence-corrected chi connectivity index (χ2v) is 5.58. The van der Waals surface area contributed by atoms with Crippen molar-refractivity contribution in [2.24, 2.45) is 0 Å². The molecule has 1 atom stereocenters. The average molecular weight is 353 g/mol. The van der Waals surface area contributed by atoms with Crippen molar-refractivity contribution >= 4 is 5.91 Å². The summed E-state index contributed by atoms with van der Waals surface area (Å²) in [6, 6.07) is 5.16. The molecule has 1 unspecified atom stereocenters. The van der Waals surface area contributed by atoms with Crippen LogP contribution in [0, 0.1) is 0 Å². The lowest BCUT2D eigenvalue weighted by molar-refractivity contribution is 0.0936. The molecule has 1 N–H and O–H groups in total. The molecule has 3 rings (SSSR count). The molecule has 0 saturated carbocycles. The molecule has 134 valence electrons. The third kappa shape index (κ3) is 4.06. The summed E-state index contributed by atoms with van der Waals surface area (Å²) in [6.07, 6.45) is 6.24. The molecule has 0 aliphatic heterocycles. The molecule has 9 nitrogen and oxygen atoms in total. The molecule has 0 aromatic carbocycles. The van der Waals surface area contributed by atoms with Gasteiger partial charge in [-0.1, -0.05) is 6.07 Å². The fourth-order valence-electron chi connectivity index (χ4n) is 2.38. The van der Waals surface area contributed by atoms with Crippen LogP contribution in [0.1, 0.15) is 29.1 Å². The maximum Gasteiger partial charge on any atom is 0.254 e. The van der Waals surface area contributed by atoms with Gasteiger partial charge in [0, 0.05) is 32.2 Å². The predicted molar refractivity (Wildman–Crippen MR) is 93.0 cm³/mol. The Balaban J connectivity index is 1.67. The number of pyridine rings is 1. The van der Waals surface area contributed by atoms with Gasteiger partial charge in [0.1, 0.15) is 12.0 Å². The summed E-state index contributed by atoms with van der Waals surface area (Å²) in [5.41, 5.74) is 1.01. The monoisotopic (exact) mass is 353 g/mol. The Hall–Kier alpha value is -3.20. The van der Waals surface area contributed by atoms with Gasteiger partial charge < -0.3 is 14.6 Å². The van der Waals surface area contributed by atoms with E-state index in [0.717, 1.165) is 0 Å². The fraction of sp³-hybridized carbons (Fsp3) is 0.294. The molecule has 3 aromatic rings. The number of amides is 1. The summed E-state index contributed by atoms with van der Waals surface area (Å²) >= 11 is 0. The van der Waals surface area contributed by atoms with Gasteiger partial charge in [0.25, 0.3) is 5.91 Å². The molecular formula is C17H19N7O2. The maximum atomic E-state index is 12.4. The van der Waals surface area contributed by atoms with Gasteiger partial charge in [-0.3, -0.25) is 9.78 Å². The molecule has 0 bridgehead atoms. The Morgan fingerprint density at radius 3 is 2.77 bits per heavy atom. The molecule has 1 amide bonds. The first kappa shape index (κ1) is 17.6. The number of rotatable bonds is 7. The predicted octanol–water partition coefficient (Wildman–Crippen LogP) is 1.27. The summed E-state index contributed by atoms with van der Waals surface area (Å²) in [5, 5.41) is 10.8. The number of aromatic nitrogens is 6. The molecule has 9 heteroatoms. The second-order valence-electron chi connectivity index (χ2n) is 5.58. The number of methoxy groups -OCH3 is 1. The van der Waals surface area contributed by atoms with Crippen molar-refractivity contribution in [3.63, 3.8) is 0 Å². The van der Waals surface area contributed by atoms with Gasteiger partial charge in [-0.25, -0.2) is 9.97 Å². The van der Waals surface area contributed by atoms with Gasteiger partial charge in [0.2, 0.25) is 0 Å². The van der Waals surface area contributed by atoms with Crippen molar-refractivity contribution in [1.29, 1.82) is 0 Å². The number of carbonyl (C=O) groups is 1. The number of hydrogen-bond donors (Lipinski definition) is 1. The zero-order valence-corrected chi connectivity index (χ0v) is 14.5. The Kier molecular flexibility index (Phi) is 5.59. The zero-order valence-electron chi connectivity index (χ0n) is 14.5. The van der Waals surface area contributed by atoms with Crippen molar-refractivity contribution in [2.45, 2.75) is 19.5 Å². The first-order valence-corrected chi connectivity index (χ1v) is 8.10. The van der Waals surface area contributed by atoms with Crippen LogP contribution in [0.2, 0.25) is 0 Å². The van der Waals surface area contributed by atoms with Crippen LogP contribution in [0.5, 0.6) is 0 Å². The average Bonchev–Trinajstić information content (AvgIpc) is 3.16. The molecule has 0 saturated heterocycles. The van der Waals surface area contributed by atoms with Crippen molar-refractivity contribution < 1.29 is 9.53 Å². The molecule has 0 aliphatic carbocycles. The summed E-state index contributed by atoms with van der Waals surface area (Å²) < 4.78 is 6.90. The highest BCUT2D eigenvalue weighted by Crippen LogP contribution is 2.12. The normalized spacial score (nSPS) is 11.9. The highest BCUT2D eigenvalue weighted by atomic mass is 16.5. The Morgan fingerprint density at radius 1 is 1.27 bits per heavy atom. The zero-order chi connectivity index (χ0) is 18.4. The minimum absolute atomic E-state index is 0.286. The van der Waals surface area contributed by atoms with Crippen LogP contribution in [-0.2, 0) is 11.3 Å². The van der Waals surface area contributed by atoms with Gasteiger partial charge in [-0.05, 0) is 19.1 Å². The molecule has 3 aromatic heterocycles. The van der Waals surface area contributed by atoms with Crippen molar-refractivity contribution in [3.05, 3.63) is 54.5 Å². The lowest BCUT2D eigenvalue weighted by atomic mass is 10.2. The number of nitrogens with zero attached hydrogens (tertiary/aromatic N) is 6.